The van der Waals surface area contributed by atoms with E-state index in [9.17, 15) is 0 Å². The number of hydrogen-bond acceptors (Lipinski definition) is 4. The van der Waals surface area contributed by atoms with E-state index in [0.717, 1.165) is 49.0 Å². The molecule has 4 nitrogen and oxygen atoms in total. The van der Waals surface area contributed by atoms with Crippen molar-refractivity contribution in [2.24, 2.45) is 0 Å². The molecule has 1 aliphatic rings. The van der Waals surface area contributed by atoms with Crippen LogP contribution in [-0.4, -0.2) is 41.0 Å². The van der Waals surface area contributed by atoms with Crippen LogP contribution in [0.4, 0.5) is 5.82 Å². The van der Waals surface area contributed by atoms with Gasteiger partial charge in [-0.15, -0.1) is 0 Å². The van der Waals surface area contributed by atoms with Crippen molar-refractivity contribution in [3.63, 3.8) is 0 Å². The quantitative estimate of drug-likeness (QED) is 0.800. The molecule has 0 amide bonds. The molecular weight excluding hydrogens is 328 g/mol. The van der Waals surface area contributed by atoms with Crippen LogP contribution < -0.4 is 4.90 Å². The Labute approximate surface area is 133 Å². The van der Waals surface area contributed by atoms with E-state index in [1.807, 2.05) is 13.0 Å². The van der Waals surface area contributed by atoms with Crippen LogP contribution in [0.2, 0.25) is 0 Å². The van der Waals surface area contributed by atoms with Crippen LogP contribution in [-0.2, 0) is 6.54 Å². The third-order valence-corrected chi connectivity index (χ3v) is 4.14. The lowest BCUT2D eigenvalue weighted by molar-refractivity contribution is 0.249. The lowest BCUT2D eigenvalue weighted by Gasteiger charge is -2.35. The molecule has 0 aliphatic carbocycles. The Morgan fingerprint density at radius 2 is 1.76 bits per heavy atom. The second-order valence-corrected chi connectivity index (χ2v) is 6.16. The van der Waals surface area contributed by atoms with Crippen molar-refractivity contribution in [2.75, 3.05) is 31.1 Å². The van der Waals surface area contributed by atoms with Crippen molar-refractivity contribution in [3.05, 3.63) is 52.4 Å². The van der Waals surface area contributed by atoms with Crippen LogP contribution >= 0.6 is 15.9 Å². The predicted octanol–water partition coefficient (Wildman–Crippen LogP) is 2.87. The Kier molecular flexibility index (Phi) is 4.51. The molecule has 2 heterocycles. The zero-order chi connectivity index (χ0) is 14.7. The number of hydrogen-bond donors (Lipinski definition) is 0. The average Bonchev–Trinajstić information content (AvgIpc) is 2.48. The standard InChI is InChI=1S/C16H19BrN4/c1-13-18-15(17)11-16(19-13)21-9-7-20(8-10-21)12-14-5-3-2-4-6-14/h2-6,11H,7-10,12H2,1H3. The first-order valence-corrected chi connectivity index (χ1v) is 8.02. The Morgan fingerprint density at radius 3 is 2.43 bits per heavy atom. The summed E-state index contributed by atoms with van der Waals surface area (Å²) in [5.41, 5.74) is 1.38. The van der Waals surface area contributed by atoms with Crippen molar-refractivity contribution in [1.29, 1.82) is 0 Å². The van der Waals surface area contributed by atoms with E-state index in [4.69, 9.17) is 0 Å². The zero-order valence-electron chi connectivity index (χ0n) is 12.2. The number of benzene rings is 1. The van der Waals surface area contributed by atoms with Crippen molar-refractivity contribution >= 4 is 21.7 Å². The van der Waals surface area contributed by atoms with E-state index < -0.39 is 0 Å². The van der Waals surface area contributed by atoms with Gasteiger partial charge in [-0.3, -0.25) is 4.90 Å². The van der Waals surface area contributed by atoms with Gasteiger partial charge in [0, 0.05) is 38.8 Å². The smallest absolute Gasteiger partial charge is 0.133 e. The predicted molar refractivity (Wildman–Crippen MR) is 88.4 cm³/mol. The summed E-state index contributed by atoms with van der Waals surface area (Å²) in [6, 6.07) is 12.7. The first kappa shape index (κ1) is 14.5. The fourth-order valence-corrected chi connectivity index (χ4v) is 3.12. The minimum atomic E-state index is 0.811. The molecule has 1 saturated heterocycles. The summed E-state index contributed by atoms with van der Waals surface area (Å²) in [5, 5.41) is 0. The highest BCUT2D eigenvalue weighted by molar-refractivity contribution is 9.10. The molecule has 0 atom stereocenters. The van der Waals surface area contributed by atoms with Gasteiger partial charge in [0.05, 0.1) is 0 Å². The first-order valence-electron chi connectivity index (χ1n) is 7.23. The maximum absolute atomic E-state index is 4.53. The van der Waals surface area contributed by atoms with Gasteiger partial charge in [-0.2, -0.15) is 0 Å². The monoisotopic (exact) mass is 346 g/mol. The Hall–Kier alpha value is -1.46. The van der Waals surface area contributed by atoms with Gasteiger partial charge in [-0.05, 0) is 28.4 Å². The number of piperazine rings is 1. The minimum absolute atomic E-state index is 0.811. The molecule has 5 heteroatoms. The van der Waals surface area contributed by atoms with Gasteiger partial charge in [-0.1, -0.05) is 30.3 Å². The number of nitrogens with zero attached hydrogens (tertiary/aromatic N) is 4. The normalized spacial score (nSPS) is 16.2. The number of aromatic nitrogens is 2. The van der Waals surface area contributed by atoms with Gasteiger partial charge in [0.1, 0.15) is 16.2 Å². The topological polar surface area (TPSA) is 32.3 Å². The summed E-state index contributed by atoms with van der Waals surface area (Å²) < 4.78 is 0.858. The second-order valence-electron chi connectivity index (χ2n) is 5.34. The van der Waals surface area contributed by atoms with Crippen LogP contribution in [0.5, 0.6) is 0 Å². The highest BCUT2D eigenvalue weighted by Crippen LogP contribution is 2.18. The molecule has 110 valence electrons. The molecule has 2 aromatic rings. The number of halogens is 1. The maximum Gasteiger partial charge on any atom is 0.133 e. The summed E-state index contributed by atoms with van der Waals surface area (Å²) in [5.74, 6) is 1.83. The molecule has 1 aromatic carbocycles. The highest BCUT2D eigenvalue weighted by Gasteiger charge is 2.18. The first-order chi connectivity index (χ1) is 10.2. The third-order valence-electron chi connectivity index (χ3n) is 3.74. The molecule has 0 spiro atoms. The van der Waals surface area contributed by atoms with Crippen LogP contribution in [0.15, 0.2) is 41.0 Å². The SMILES string of the molecule is Cc1nc(Br)cc(N2CCN(Cc3ccccc3)CC2)n1. The largest absolute Gasteiger partial charge is 0.354 e. The van der Waals surface area contributed by atoms with E-state index in [2.05, 4.69) is 66.0 Å². The minimum Gasteiger partial charge on any atom is -0.354 e. The van der Waals surface area contributed by atoms with Crippen LogP contribution in [0, 0.1) is 6.92 Å². The zero-order valence-corrected chi connectivity index (χ0v) is 13.8. The number of aryl methyl sites for hydroxylation is 1. The molecule has 0 saturated carbocycles. The van der Waals surface area contributed by atoms with Crippen molar-refractivity contribution in [3.8, 4) is 0 Å². The van der Waals surface area contributed by atoms with Gasteiger partial charge in [0.15, 0.2) is 0 Å². The number of rotatable bonds is 3. The summed E-state index contributed by atoms with van der Waals surface area (Å²) in [7, 11) is 0. The Balaban J connectivity index is 1.60. The van der Waals surface area contributed by atoms with E-state index in [0.29, 0.717) is 0 Å². The van der Waals surface area contributed by atoms with E-state index in [-0.39, 0.29) is 0 Å². The molecule has 1 aromatic heterocycles. The van der Waals surface area contributed by atoms with Crippen molar-refractivity contribution in [1.82, 2.24) is 14.9 Å². The lowest BCUT2D eigenvalue weighted by Crippen LogP contribution is -2.46. The highest BCUT2D eigenvalue weighted by atomic mass is 79.9. The Bertz CT molecular complexity index is 574. The molecule has 1 fully saturated rings. The fourth-order valence-electron chi connectivity index (χ4n) is 2.66. The van der Waals surface area contributed by atoms with E-state index >= 15 is 0 Å². The summed E-state index contributed by atoms with van der Waals surface area (Å²) in [4.78, 5) is 13.6. The summed E-state index contributed by atoms with van der Waals surface area (Å²) in [6.45, 7) is 7.11. The number of anilines is 1. The lowest BCUT2D eigenvalue weighted by atomic mass is 10.2. The molecular formula is C16H19BrN4. The van der Waals surface area contributed by atoms with Crippen LogP contribution in [0.1, 0.15) is 11.4 Å². The molecule has 0 N–H and O–H groups in total. The molecule has 1 aliphatic heterocycles. The van der Waals surface area contributed by atoms with Gasteiger partial charge >= 0.3 is 0 Å². The van der Waals surface area contributed by atoms with Gasteiger partial charge in [0.2, 0.25) is 0 Å². The van der Waals surface area contributed by atoms with Gasteiger partial charge < -0.3 is 4.90 Å². The Morgan fingerprint density at radius 1 is 1.05 bits per heavy atom. The van der Waals surface area contributed by atoms with Crippen LogP contribution in [0.25, 0.3) is 0 Å². The van der Waals surface area contributed by atoms with Gasteiger partial charge in [0.25, 0.3) is 0 Å². The molecule has 0 bridgehead atoms. The second kappa shape index (κ2) is 6.54. The molecule has 0 unspecified atom stereocenters. The van der Waals surface area contributed by atoms with Crippen molar-refractivity contribution < 1.29 is 0 Å². The average molecular weight is 347 g/mol. The summed E-state index contributed by atoms with van der Waals surface area (Å²) >= 11 is 3.45. The molecule has 0 radical (unpaired) electrons. The van der Waals surface area contributed by atoms with E-state index in [1.165, 1.54) is 5.56 Å². The van der Waals surface area contributed by atoms with Crippen molar-refractivity contribution in [2.45, 2.75) is 13.5 Å². The fraction of sp³-hybridized carbons (Fsp3) is 0.375. The van der Waals surface area contributed by atoms with E-state index in [1.54, 1.807) is 0 Å². The maximum atomic E-state index is 4.53. The molecule has 3 rings (SSSR count). The third kappa shape index (κ3) is 3.80. The van der Waals surface area contributed by atoms with Crippen LogP contribution in [0.3, 0.4) is 0 Å². The summed E-state index contributed by atoms with van der Waals surface area (Å²) in [6.07, 6.45) is 0. The van der Waals surface area contributed by atoms with Gasteiger partial charge in [-0.25, -0.2) is 9.97 Å². The molecule has 21 heavy (non-hydrogen) atoms.